The van der Waals surface area contributed by atoms with Crippen LogP contribution in [0.3, 0.4) is 0 Å². The lowest BCUT2D eigenvalue weighted by atomic mass is 9.92. The molecule has 0 aromatic heterocycles. The van der Waals surface area contributed by atoms with Crippen molar-refractivity contribution in [1.82, 2.24) is 4.90 Å². The number of hydrogen-bond donors (Lipinski definition) is 1. The number of nitrogen functional groups attached to an aromatic ring is 1. The molecule has 0 aliphatic carbocycles. The largest absolute Gasteiger partial charge is 0.486 e. The molecule has 140 valence electrons. The third kappa shape index (κ3) is 3.50. The average molecular weight is 364 g/mol. The Morgan fingerprint density at radius 3 is 2.74 bits per heavy atom. The van der Waals surface area contributed by atoms with E-state index in [-0.39, 0.29) is 11.9 Å². The van der Waals surface area contributed by atoms with Crippen LogP contribution in [0.15, 0.2) is 48.5 Å². The summed E-state index contributed by atoms with van der Waals surface area (Å²) in [7, 11) is 0. The molecule has 1 atom stereocenters. The van der Waals surface area contributed by atoms with Crippen molar-refractivity contribution in [1.29, 1.82) is 0 Å². The number of carbonyl (C=O) groups is 1. The fraction of sp³-hybridized carbons (Fsp3) is 0.318. The molecular weight excluding hydrogens is 340 g/mol. The van der Waals surface area contributed by atoms with Crippen molar-refractivity contribution in [2.75, 3.05) is 25.5 Å². The number of benzene rings is 2. The van der Waals surface area contributed by atoms with Crippen molar-refractivity contribution in [3.8, 4) is 11.5 Å². The molecule has 2 aromatic carbocycles. The van der Waals surface area contributed by atoms with E-state index < -0.39 is 0 Å². The minimum Gasteiger partial charge on any atom is -0.486 e. The highest BCUT2D eigenvalue weighted by atomic mass is 16.6. The fourth-order valence-corrected chi connectivity index (χ4v) is 3.73. The molecule has 2 N–H and O–H groups in total. The Morgan fingerprint density at radius 1 is 1.15 bits per heavy atom. The summed E-state index contributed by atoms with van der Waals surface area (Å²) >= 11 is 0. The van der Waals surface area contributed by atoms with Gasteiger partial charge in [-0.2, -0.15) is 0 Å². The first-order valence-corrected chi connectivity index (χ1v) is 9.41. The first-order valence-electron chi connectivity index (χ1n) is 9.41. The number of rotatable bonds is 3. The number of amides is 1. The van der Waals surface area contributed by atoms with Gasteiger partial charge in [-0.05, 0) is 54.3 Å². The van der Waals surface area contributed by atoms with Gasteiger partial charge in [0.25, 0.3) is 5.91 Å². The quantitative estimate of drug-likeness (QED) is 0.843. The topological polar surface area (TPSA) is 64.8 Å². The third-order valence-corrected chi connectivity index (χ3v) is 5.21. The van der Waals surface area contributed by atoms with Crippen LogP contribution in [0.2, 0.25) is 0 Å². The van der Waals surface area contributed by atoms with Gasteiger partial charge in [0.2, 0.25) is 0 Å². The second kappa shape index (κ2) is 7.35. The van der Waals surface area contributed by atoms with Crippen LogP contribution in [0.4, 0.5) is 5.69 Å². The minimum atomic E-state index is 0.0294. The van der Waals surface area contributed by atoms with Gasteiger partial charge in [0.1, 0.15) is 13.2 Å². The van der Waals surface area contributed by atoms with Crippen LogP contribution in [0.1, 0.15) is 35.7 Å². The maximum atomic E-state index is 13.1. The standard InChI is InChI=1S/C22H24N2O3/c1-2-19-13-16(15-4-3-5-18(23)12-15)8-9-24(19)22(25)17-6-7-20-21(14-17)27-11-10-26-20/h3-8,12,14,19H,2,9-11,13,23H2,1H3. The Labute approximate surface area is 159 Å². The van der Waals surface area contributed by atoms with E-state index in [1.54, 1.807) is 6.07 Å². The fourth-order valence-electron chi connectivity index (χ4n) is 3.73. The Kier molecular flexibility index (Phi) is 4.75. The first kappa shape index (κ1) is 17.5. The maximum Gasteiger partial charge on any atom is 0.254 e. The Bertz CT molecular complexity index is 891. The Hall–Kier alpha value is -2.95. The SMILES string of the molecule is CCC1CC(c2cccc(N)c2)=CCN1C(=O)c1ccc2c(c1)OCCO2. The lowest BCUT2D eigenvalue weighted by molar-refractivity contribution is 0.0692. The summed E-state index contributed by atoms with van der Waals surface area (Å²) in [6, 6.07) is 13.5. The first-order chi connectivity index (χ1) is 13.2. The molecule has 1 amide bonds. The summed E-state index contributed by atoms with van der Waals surface area (Å²) in [5.74, 6) is 1.38. The number of hydrogen-bond acceptors (Lipinski definition) is 4. The highest BCUT2D eigenvalue weighted by Crippen LogP contribution is 2.33. The smallest absolute Gasteiger partial charge is 0.254 e. The van der Waals surface area contributed by atoms with E-state index in [0.29, 0.717) is 36.8 Å². The molecule has 5 nitrogen and oxygen atoms in total. The minimum absolute atomic E-state index is 0.0294. The van der Waals surface area contributed by atoms with Crippen molar-refractivity contribution in [3.05, 3.63) is 59.7 Å². The molecule has 2 heterocycles. The van der Waals surface area contributed by atoms with Gasteiger partial charge in [0, 0.05) is 23.8 Å². The van der Waals surface area contributed by atoms with Crippen molar-refractivity contribution in [2.45, 2.75) is 25.8 Å². The predicted octanol–water partition coefficient (Wildman–Crippen LogP) is 3.75. The van der Waals surface area contributed by atoms with Crippen LogP contribution < -0.4 is 15.2 Å². The number of nitrogens with two attached hydrogens (primary N) is 1. The molecule has 5 heteroatoms. The van der Waals surface area contributed by atoms with Gasteiger partial charge in [-0.15, -0.1) is 0 Å². The number of carbonyl (C=O) groups excluding carboxylic acids is 1. The van der Waals surface area contributed by atoms with Crippen LogP contribution in [-0.4, -0.2) is 36.6 Å². The summed E-state index contributed by atoms with van der Waals surface area (Å²) in [4.78, 5) is 15.1. The lowest BCUT2D eigenvalue weighted by Gasteiger charge is -2.35. The molecule has 0 spiro atoms. The molecule has 27 heavy (non-hydrogen) atoms. The van der Waals surface area contributed by atoms with E-state index >= 15 is 0 Å². The number of fused-ring (bicyclic) bond motifs is 1. The highest BCUT2D eigenvalue weighted by Gasteiger charge is 2.28. The van der Waals surface area contributed by atoms with Gasteiger partial charge in [-0.25, -0.2) is 0 Å². The molecule has 0 saturated heterocycles. The molecule has 2 aromatic rings. The predicted molar refractivity (Wildman–Crippen MR) is 106 cm³/mol. The third-order valence-electron chi connectivity index (χ3n) is 5.21. The molecule has 1 unspecified atom stereocenters. The summed E-state index contributed by atoms with van der Waals surface area (Å²) in [5, 5.41) is 0. The molecule has 0 bridgehead atoms. The van der Waals surface area contributed by atoms with E-state index in [1.807, 2.05) is 35.2 Å². The highest BCUT2D eigenvalue weighted by molar-refractivity contribution is 5.95. The monoisotopic (exact) mass is 364 g/mol. The van der Waals surface area contributed by atoms with Crippen molar-refractivity contribution >= 4 is 17.2 Å². The summed E-state index contributed by atoms with van der Waals surface area (Å²) < 4.78 is 11.2. The number of ether oxygens (including phenoxy) is 2. The lowest BCUT2D eigenvalue weighted by Crippen LogP contribution is -2.42. The maximum absolute atomic E-state index is 13.1. The number of nitrogens with zero attached hydrogens (tertiary/aromatic N) is 1. The zero-order chi connectivity index (χ0) is 18.8. The van der Waals surface area contributed by atoms with Gasteiger partial charge in [-0.1, -0.05) is 25.1 Å². The van der Waals surface area contributed by atoms with E-state index in [2.05, 4.69) is 19.1 Å². The second-order valence-corrected chi connectivity index (χ2v) is 6.94. The Balaban J connectivity index is 1.57. The van der Waals surface area contributed by atoms with E-state index in [4.69, 9.17) is 15.2 Å². The average Bonchev–Trinajstić information content (AvgIpc) is 2.72. The summed E-state index contributed by atoms with van der Waals surface area (Å²) in [6.45, 7) is 3.77. The molecule has 4 rings (SSSR count). The zero-order valence-corrected chi connectivity index (χ0v) is 15.5. The molecule has 0 saturated carbocycles. The second-order valence-electron chi connectivity index (χ2n) is 6.94. The van der Waals surface area contributed by atoms with Gasteiger partial charge in [0.05, 0.1) is 0 Å². The molecule has 2 aliphatic rings. The molecule has 0 radical (unpaired) electrons. The summed E-state index contributed by atoms with van der Waals surface area (Å²) in [5.41, 5.74) is 9.71. The van der Waals surface area contributed by atoms with E-state index in [0.717, 1.165) is 24.1 Å². The van der Waals surface area contributed by atoms with Crippen LogP contribution in [0, 0.1) is 0 Å². The zero-order valence-electron chi connectivity index (χ0n) is 15.5. The molecule has 0 fully saturated rings. The molecular formula is C22H24N2O3. The Morgan fingerprint density at radius 2 is 1.96 bits per heavy atom. The summed E-state index contributed by atoms with van der Waals surface area (Å²) in [6.07, 6.45) is 3.86. The van der Waals surface area contributed by atoms with Crippen LogP contribution >= 0.6 is 0 Å². The van der Waals surface area contributed by atoms with Gasteiger partial charge in [-0.3, -0.25) is 4.79 Å². The number of anilines is 1. The van der Waals surface area contributed by atoms with Gasteiger partial charge >= 0.3 is 0 Å². The van der Waals surface area contributed by atoms with Gasteiger partial charge < -0.3 is 20.1 Å². The van der Waals surface area contributed by atoms with Crippen LogP contribution in [0.25, 0.3) is 5.57 Å². The van der Waals surface area contributed by atoms with E-state index in [1.165, 1.54) is 5.57 Å². The van der Waals surface area contributed by atoms with Crippen molar-refractivity contribution in [2.24, 2.45) is 0 Å². The molecule has 2 aliphatic heterocycles. The van der Waals surface area contributed by atoms with Crippen LogP contribution in [0.5, 0.6) is 11.5 Å². The van der Waals surface area contributed by atoms with Crippen LogP contribution in [-0.2, 0) is 0 Å². The van der Waals surface area contributed by atoms with Gasteiger partial charge in [0.15, 0.2) is 11.5 Å². The van der Waals surface area contributed by atoms with Crippen molar-refractivity contribution < 1.29 is 14.3 Å². The van der Waals surface area contributed by atoms with E-state index in [9.17, 15) is 4.79 Å². The normalized spacial score (nSPS) is 18.8. The van der Waals surface area contributed by atoms with Crippen molar-refractivity contribution in [3.63, 3.8) is 0 Å².